The van der Waals surface area contributed by atoms with Crippen LogP contribution in [0.3, 0.4) is 0 Å². The number of carbonyl (C=O) groups is 1. The Hall–Kier alpha value is -1.38. The standard InChI is InChI=1S/C7H6NO2/c1-10-7(9)6-3-2-4-8-5-6/h2,4-5H,1H3. The second-order valence-electron chi connectivity index (χ2n) is 1.64. The number of esters is 1. The second-order valence-corrected chi connectivity index (χ2v) is 1.64. The molecular weight excluding hydrogens is 130 g/mol. The van der Waals surface area contributed by atoms with Crippen LogP contribution in [0.25, 0.3) is 0 Å². The van der Waals surface area contributed by atoms with Crippen LogP contribution in [0.5, 0.6) is 0 Å². The Bertz CT molecular complexity index is 220. The van der Waals surface area contributed by atoms with Crippen LogP contribution in [0, 0.1) is 6.07 Å². The van der Waals surface area contributed by atoms with Gasteiger partial charge in [0, 0.05) is 18.5 Å². The number of aromatic nitrogens is 1. The van der Waals surface area contributed by atoms with E-state index in [0.29, 0.717) is 5.56 Å². The Morgan fingerprint density at radius 2 is 2.60 bits per heavy atom. The van der Waals surface area contributed by atoms with Crippen LogP contribution in [0.4, 0.5) is 0 Å². The molecule has 0 atom stereocenters. The summed E-state index contributed by atoms with van der Waals surface area (Å²) >= 11 is 0. The highest BCUT2D eigenvalue weighted by Gasteiger charge is 2.02. The van der Waals surface area contributed by atoms with E-state index >= 15 is 0 Å². The van der Waals surface area contributed by atoms with Crippen molar-refractivity contribution in [3.05, 3.63) is 30.1 Å². The number of methoxy groups -OCH3 is 1. The molecule has 0 spiro atoms. The maximum Gasteiger partial charge on any atom is 0.340 e. The van der Waals surface area contributed by atoms with Gasteiger partial charge in [-0.25, -0.2) is 4.79 Å². The van der Waals surface area contributed by atoms with Crippen LogP contribution in [0.15, 0.2) is 18.5 Å². The van der Waals surface area contributed by atoms with E-state index in [0.717, 1.165) is 0 Å². The van der Waals surface area contributed by atoms with Gasteiger partial charge in [-0.2, -0.15) is 0 Å². The Balaban J connectivity index is 2.85. The van der Waals surface area contributed by atoms with E-state index in [1.54, 1.807) is 12.3 Å². The molecule has 1 heterocycles. The van der Waals surface area contributed by atoms with Gasteiger partial charge in [0.05, 0.1) is 12.7 Å². The summed E-state index contributed by atoms with van der Waals surface area (Å²) in [6, 6.07) is 4.24. The van der Waals surface area contributed by atoms with E-state index in [1.807, 2.05) is 0 Å². The summed E-state index contributed by atoms with van der Waals surface area (Å²) in [6.07, 6.45) is 2.96. The van der Waals surface area contributed by atoms with Gasteiger partial charge in [0.25, 0.3) is 0 Å². The molecule has 1 radical (unpaired) electrons. The Morgan fingerprint density at radius 1 is 1.80 bits per heavy atom. The van der Waals surface area contributed by atoms with Gasteiger partial charge in [-0.05, 0) is 6.07 Å². The van der Waals surface area contributed by atoms with Gasteiger partial charge in [0.15, 0.2) is 0 Å². The second kappa shape index (κ2) is 2.96. The van der Waals surface area contributed by atoms with Crippen molar-refractivity contribution in [2.24, 2.45) is 0 Å². The van der Waals surface area contributed by atoms with Crippen molar-refractivity contribution in [3.8, 4) is 0 Å². The molecule has 0 unspecified atom stereocenters. The summed E-state index contributed by atoms with van der Waals surface area (Å²) in [5, 5.41) is 0. The van der Waals surface area contributed by atoms with E-state index in [2.05, 4.69) is 15.8 Å². The normalized spacial score (nSPS) is 8.90. The molecule has 1 aromatic heterocycles. The van der Waals surface area contributed by atoms with E-state index in [-0.39, 0.29) is 0 Å². The molecule has 0 fully saturated rings. The van der Waals surface area contributed by atoms with Crippen molar-refractivity contribution in [1.29, 1.82) is 0 Å². The molecule has 10 heavy (non-hydrogen) atoms. The zero-order valence-corrected chi connectivity index (χ0v) is 5.50. The first-order valence-electron chi connectivity index (χ1n) is 2.74. The molecule has 0 aromatic carbocycles. The molecule has 0 bridgehead atoms. The lowest BCUT2D eigenvalue weighted by Gasteiger charge is -1.94. The van der Waals surface area contributed by atoms with E-state index in [4.69, 9.17) is 0 Å². The molecule has 0 aliphatic rings. The Kier molecular flexibility index (Phi) is 1.99. The number of carbonyl (C=O) groups excluding carboxylic acids is 1. The minimum absolute atomic E-state index is 0.352. The topological polar surface area (TPSA) is 39.2 Å². The lowest BCUT2D eigenvalue weighted by atomic mass is 10.3. The van der Waals surface area contributed by atoms with Crippen molar-refractivity contribution in [2.45, 2.75) is 0 Å². The SMILES string of the molecule is COC(=O)c1[c]ccnc1. The van der Waals surface area contributed by atoms with Crippen LogP contribution >= 0.6 is 0 Å². The molecule has 3 nitrogen and oxygen atoms in total. The highest BCUT2D eigenvalue weighted by Crippen LogP contribution is 1.95. The Morgan fingerprint density at radius 3 is 3.10 bits per heavy atom. The first-order chi connectivity index (χ1) is 4.84. The fourth-order valence-corrected chi connectivity index (χ4v) is 0.547. The largest absolute Gasteiger partial charge is 0.465 e. The predicted octanol–water partition coefficient (Wildman–Crippen LogP) is 0.668. The molecule has 1 rings (SSSR count). The Labute approximate surface area is 58.7 Å². The summed E-state index contributed by atoms with van der Waals surface area (Å²) in [4.78, 5) is 14.4. The van der Waals surface area contributed by atoms with Crippen LogP contribution in [-0.2, 0) is 4.74 Å². The van der Waals surface area contributed by atoms with Gasteiger partial charge in [0.2, 0.25) is 0 Å². The number of nitrogens with zero attached hydrogens (tertiary/aromatic N) is 1. The quantitative estimate of drug-likeness (QED) is 0.532. The smallest absolute Gasteiger partial charge is 0.340 e. The molecule has 0 N–H and O–H groups in total. The summed E-state index contributed by atoms with van der Waals surface area (Å²) in [5.74, 6) is -0.409. The fourth-order valence-electron chi connectivity index (χ4n) is 0.547. The number of ether oxygens (including phenoxy) is 1. The molecular formula is C7H6NO2. The molecule has 1 aromatic rings. The zero-order chi connectivity index (χ0) is 7.40. The van der Waals surface area contributed by atoms with Crippen LogP contribution in [0.2, 0.25) is 0 Å². The average Bonchev–Trinajstić information content (AvgIpc) is 2.05. The summed E-state index contributed by atoms with van der Waals surface area (Å²) < 4.78 is 4.43. The van der Waals surface area contributed by atoms with Crippen molar-refractivity contribution >= 4 is 5.97 Å². The molecule has 0 aliphatic heterocycles. The lowest BCUT2D eigenvalue weighted by Crippen LogP contribution is -2.00. The maximum atomic E-state index is 10.7. The van der Waals surface area contributed by atoms with Gasteiger partial charge in [0.1, 0.15) is 0 Å². The van der Waals surface area contributed by atoms with Gasteiger partial charge >= 0.3 is 5.97 Å². The minimum Gasteiger partial charge on any atom is -0.465 e. The third kappa shape index (κ3) is 1.31. The number of hydrogen-bond donors (Lipinski definition) is 0. The van der Waals surface area contributed by atoms with E-state index in [9.17, 15) is 4.79 Å². The molecule has 3 heteroatoms. The predicted molar refractivity (Wildman–Crippen MR) is 34.4 cm³/mol. The molecule has 0 amide bonds. The minimum atomic E-state index is -0.409. The third-order valence-electron chi connectivity index (χ3n) is 1.01. The van der Waals surface area contributed by atoms with Crippen molar-refractivity contribution in [1.82, 2.24) is 4.98 Å². The highest BCUT2D eigenvalue weighted by atomic mass is 16.5. The highest BCUT2D eigenvalue weighted by molar-refractivity contribution is 5.88. The number of hydrogen-bond acceptors (Lipinski definition) is 3. The molecule has 51 valence electrons. The lowest BCUT2D eigenvalue weighted by molar-refractivity contribution is 0.0600. The van der Waals surface area contributed by atoms with Gasteiger partial charge in [-0.3, -0.25) is 4.98 Å². The van der Waals surface area contributed by atoms with Crippen LogP contribution in [0.1, 0.15) is 10.4 Å². The van der Waals surface area contributed by atoms with E-state index < -0.39 is 5.97 Å². The third-order valence-corrected chi connectivity index (χ3v) is 1.01. The first-order valence-corrected chi connectivity index (χ1v) is 2.74. The zero-order valence-electron chi connectivity index (χ0n) is 5.50. The summed E-state index contributed by atoms with van der Waals surface area (Å²) in [5.41, 5.74) is 0.352. The first kappa shape index (κ1) is 6.74. The monoisotopic (exact) mass is 136 g/mol. The number of pyridine rings is 1. The van der Waals surface area contributed by atoms with Crippen molar-refractivity contribution in [2.75, 3.05) is 7.11 Å². The van der Waals surface area contributed by atoms with Crippen molar-refractivity contribution < 1.29 is 9.53 Å². The van der Waals surface area contributed by atoms with Gasteiger partial charge < -0.3 is 4.74 Å². The summed E-state index contributed by atoms with van der Waals surface area (Å²) in [7, 11) is 1.32. The summed E-state index contributed by atoms with van der Waals surface area (Å²) in [6.45, 7) is 0. The van der Waals surface area contributed by atoms with E-state index in [1.165, 1.54) is 13.3 Å². The maximum absolute atomic E-state index is 10.7. The molecule has 0 aliphatic carbocycles. The van der Waals surface area contributed by atoms with Crippen molar-refractivity contribution in [3.63, 3.8) is 0 Å². The molecule has 0 saturated heterocycles. The van der Waals surface area contributed by atoms with Gasteiger partial charge in [-0.1, -0.05) is 0 Å². The fraction of sp³-hybridized carbons (Fsp3) is 0.143. The van der Waals surface area contributed by atoms with Crippen LogP contribution in [-0.4, -0.2) is 18.1 Å². The van der Waals surface area contributed by atoms with Gasteiger partial charge in [-0.15, -0.1) is 0 Å². The average molecular weight is 136 g/mol. The molecule has 0 saturated carbocycles. The number of rotatable bonds is 1. The van der Waals surface area contributed by atoms with Crippen LogP contribution < -0.4 is 0 Å².